The molecule has 0 aromatic heterocycles. The van der Waals surface area contributed by atoms with Crippen molar-refractivity contribution in [3.63, 3.8) is 0 Å². The van der Waals surface area contributed by atoms with Crippen molar-refractivity contribution >= 4 is 35.3 Å². The molecule has 1 fully saturated rings. The molecule has 3 aliphatic rings. The van der Waals surface area contributed by atoms with Gasteiger partial charge in [0.2, 0.25) is 0 Å². The molecule has 2 heterocycles. The Kier molecular flexibility index (Phi) is 4.92. The number of hydrazone groups is 1. The highest BCUT2D eigenvalue weighted by atomic mass is 35.5. The summed E-state index contributed by atoms with van der Waals surface area (Å²) in [6, 6.07) is 0.409. The molecule has 21 heavy (non-hydrogen) atoms. The van der Waals surface area contributed by atoms with Crippen LogP contribution in [-0.2, 0) is 0 Å². The summed E-state index contributed by atoms with van der Waals surface area (Å²) in [5.74, 6) is 7.97. The fraction of sp³-hybridized carbons (Fsp3) is 0.625. The van der Waals surface area contributed by atoms with Crippen molar-refractivity contribution in [3.05, 3.63) is 11.8 Å². The lowest BCUT2D eigenvalue weighted by Gasteiger charge is -2.34. The quantitative estimate of drug-likeness (QED) is 0.626. The highest BCUT2D eigenvalue weighted by Gasteiger charge is 2.41. The molecular weight excluding hydrogens is 302 g/mol. The molecule has 0 amide bonds. The Morgan fingerprint density at radius 3 is 3.10 bits per heavy atom. The number of fused-ring (bicyclic) bond motifs is 1. The van der Waals surface area contributed by atoms with Crippen LogP contribution in [0.1, 0.15) is 32.6 Å². The number of hydrogen-bond donors (Lipinski definition) is 1. The van der Waals surface area contributed by atoms with Gasteiger partial charge in [-0.25, -0.2) is 0 Å². The van der Waals surface area contributed by atoms with Gasteiger partial charge in [0, 0.05) is 34.5 Å². The number of allylic oxidation sites excluding steroid dienone is 1. The number of halogens is 1. The van der Waals surface area contributed by atoms with Crippen molar-refractivity contribution in [2.24, 2.45) is 16.0 Å². The van der Waals surface area contributed by atoms with Crippen LogP contribution in [0.3, 0.4) is 0 Å². The second-order valence-electron chi connectivity index (χ2n) is 5.59. The number of rotatable bonds is 2. The van der Waals surface area contributed by atoms with E-state index in [4.69, 9.17) is 11.6 Å². The van der Waals surface area contributed by atoms with E-state index >= 15 is 0 Å². The van der Waals surface area contributed by atoms with E-state index in [-0.39, 0.29) is 5.38 Å². The van der Waals surface area contributed by atoms with Crippen LogP contribution >= 0.6 is 23.4 Å². The molecule has 0 spiro atoms. The first-order chi connectivity index (χ1) is 10.3. The summed E-state index contributed by atoms with van der Waals surface area (Å²) in [5, 5.41) is 5.21. The molecule has 4 atom stereocenters. The molecule has 1 saturated carbocycles. The average Bonchev–Trinajstić information content (AvgIpc) is 2.89. The van der Waals surface area contributed by atoms with E-state index in [2.05, 4.69) is 34.3 Å². The number of nitrogens with one attached hydrogen (secondary N) is 1. The summed E-state index contributed by atoms with van der Waals surface area (Å²) in [5.41, 5.74) is 5.34. The third-order valence-electron chi connectivity index (χ3n) is 4.17. The highest BCUT2D eigenvalue weighted by molar-refractivity contribution is 8.00. The third-order valence-corrected chi connectivity index (χ3v) is 6.08. The maximum atomic E-state index is 6.56. The van der Waals surface area contributed by atoms with Crippen LogP contribution in [-0.4, -0.2) is 34.3 Å². The zero-order valence-corrected chi connectivity index (χ0v) is 13.8. The molecule has 0 radical (unpaired) electrons. The van der Waals surface area contributed by atoms with Crippen molar-refractivity contribution in [2.45, 2.75) is 49.3 Å². The minimum atomic E-state index is 0.224. The number of alkyl halides is 1. The van der Waals surface area contributed by atoms with Crippen LogP contribution in [0.25, 0.3) is 0 Å². The van der Waals surface area contributed by atoms with Gasteiger partial charge >= 0.3 is 0 Å². The van der Waals surface area contributed by atoms with E-state index in [9.17, 15) is 0 Å². The van der Waals surface area contributed by atoms with Crippen LogP contribution in [0.2, 0.25) is 0 Å². The first-order valence-electron chi connectivity index (χ1n) is 7.59. The van der Waals surface area contributed by atoms with Crippen LogP contribution in [0.5, 0.6) is 0 Å². The van der Waals surface area contributed by atoms with Gasteiger partial charge in [0.05, 0.1) is 6.04 Å². The van der Waals surface area contributed by atoms with Gasteiger partial charge in [-0.3, -0.25) is 4.99 Å². The van der Waals surface area contributed by atoms with Gasteiger partial charge in [-0.15, -0.1) is 11.6 Å². The van der Waals surface area contributed by atoms with E-state index in [1.165, 1.54) is 0 Å². The largest absolute Gasteiger partial charge is 0.305 e. The lowest BCUT2D eigenvalue weighted by Crippen LogP contribution is -2.42. The van der Waals surface area contributed by atoms with E-state index in [1.54, 1.807) is 0 Å². The molecular formula is C16H20ClN3S. The minimum absolute atomic E-state index is 0.224. The van der Waals surface area contributed by atoms with Crippen molar-refractivity contribution < 1.29 is 0 Å². The molecule has 5 heteroatoms. The standard InChI is InChI=1S/C16H20ClN3S/c1-2-21-16-9-15-12(8-13(16)17)14(19-20-15)6-5-11-4-3-7-18-10-11/h7,10,12-13,15-16,20H,2-4,8-9H2,1H3/t12?,13?,15-,16?/m0/s1. The summed E-state index contributed by atoms with van der Waals surface area (Å²) in [7, 11) is 0. The molecule has 3 nitrogen and oxygen atoms in total. The van der Waals surface area contributed by atoms with Gasteiger partial charge in [0.15, 0.2) is 0 Å². The molecule has 1 aliphatic carbocycles. The van der Waals surface area contributed by atoms with Crippen LogP contribution < -0.4 is 5.43 Å². The summed E-state index contributed by atoms with van der Waals surface area (Å²) >= 11 is 8.52. The predicted molar refractivity (Wildman–Crippen MR) is 92.2 cm³/mol. The monoisotopic (exact) mass is 321 g/mol. The second-order valence-corrected chi connectivity index (χ2v) is 7.67. The number of nitrogens with zero attached hydrogens (tertiary/aromatic N) is 2. The Bertz CT molecular complexity index is 543. The van der Waals surface area contributed by atoms with E-state index in [1.807, 2.05) is 24.2 Å². The van der Waals surface area contributed by atoms with Crippen LogP contribution in [0.4, 0.5) is 0 Å². The van der Waals surface area contributed by atoms with Gasteiger partial charge < -0.3 is 5.43 Å². The number of aliphatic imine (C=N–C) groups is 1. The Morgan fingerprint density at radius 1 is 1.43 bits per heavy atom. The maximum Gasteiger partial charge on any atom is 0.115 e. The normalized spacial score (nSPS) is 34.2. The molecule has 0 bridgehead atoms. The molecule has 112 valence electrons. The SMILES string of the molecule is CCSC1C[C@@H]2NN=C(C#CC3=CN=CCC3)C2CC1Cl. The Labute approximate surface area is 135 Å². The molecule has 1 N–H and O–H groups in total. The van der Waals surface area contributed by atoms with Gasteiger partial charge in [-0.2, -0.15) is 16.9 Å². The zero-order chi connectivity index (χ0) is 14.7. The summed E-state index contributed by atoms with van der Waals surface area (Å²) < 4.78 is 0. The lowest BCUT2D eigenvalue weighted by molar-refractivity contribution is 0.366. The highest BCUT2D eigenvalue weighted by Crippen LogP contribution is 2.37. The van der Waals surface area contributed by atoms with Gasteiger partial charge in [0.1, 0.15) is 5.71 Å². The molecule has 0 aromatic rings. The Balaban J connectivity index is 1.66. The minimum Gasteiger partial charge on any atom is -0.305 e. The lowest BCUT2D eigenvalue weighted by atomic mass is 9.82. The van der Waals surface area contributed by atoms with Crippen LogP contribution in [0, 0.1) is 17.8 Å². The van der Waals surface area contributed by atoms with Gasteiger partial charge in [0.25, 0.3) is 0 Å². The second kappa shape index (κ2) is 6.89. The average molecular weight is 322 g/mol. The zero-order valence-electron chi connectivity index (χ0n) is 12.2. The fourth-order valence-corrected chi connectivity index (χ4v) is 4.65. The molecule has 0 aromatic carbocycles. The van der Waals surface area contributed by atoms with E-state index in [0.29, 0.717) is 17.2 Å². The Hall–Kier alpha value is -0.920. The Morgan fingerprint density at radius 2 is 2.33 bits per heavy atom. The summed E-state index contributed by atoms with van der Waals surface area (Å²) in [6.45, 7) is 2.19. The predicted octanol–water partition coefficient (Wildman–Crippen LogP) is 3.21. The van der Waals surface area contributed by atoms with Crippen molar-refractivity contribution in [2.75, 3.05) is 5.75 Å². The van der Waals surface area contributed by atoms with Crippen LogP contribution in [0.15, 0.2) is 21.9 Å². The van der Waals surface area contributed by atoms with Crippen molar-refractivity contribution in [3.8, 4) is 11.8 Å². The number of thioether (sulfide) groups is 1. The summed E-state index contributed by atoms with van der Waals surface area (Å²) in [6.07, 6.45) is 7.81. The molecule has 3 unspecified atom stereocenters. The van der Waals surface area contributed by atoms with E-state index in [0.717, 1.165) is 42.7 Å². The van der Waals surface area contributed by atoms with Gasteiger partial charge in [-0.1, -0.05) is 12.8 Å². The first kappa shape index (κ1) is 15.0. The van der Waals surface area contributed by atoms with Crippen molar-refractivity contribution in [1.29, 1.82) is 0 Å². The van der Waals surface area contributed by atoms with E-state index < -0.39 is 0 Å². The molecule has 2 aliphatic heterocycles. The first-order valence-corrected chi connectivity index (χ1v) is 9.08. The molecule has 3 rings (SSSR count). The van der Waals surface area contributed by atoms with Gasteiger partial charge in [-0.05, 0) is 37.4 Å². The third kappa shape index (κ3) is 3.46. The fourth-order valence-electron chi connectivity index (χ4n) is 3.05. The number of hydrogen-bond acceptors (Lipinski definition) is 4. The topological polar surface area (TPSA) is 36.8 Å². The van der Waals surface area contributed by atoms with Crippen molar-refractivity contribution in [1.82, 2.24) is 5.43 Å². The maximum absolute atomic E-state index is 6.56. The summed E-state index contributed by atoms with van der Waals surface area (Å²) in [4.78, 5) is 4.16. The molecule has 0 saturated heterocycles. The smallest absolute Gasteiger partial charge is 0.115 e.